The van der Waals surface area contributed by atoms with Crippen LogP contribution in [-0.4, -0.2) is 0 Å². The zero-order valence-corrected chi connectivity index (χ0v) is 8.62. The first-order chi connectivity index (χ1) is 3.12. The second-order valence-corrected chi connectivity index (χ2v) is 2.52. The SMILES string of the molecule is [CH2-]C(C)(CC)CC.[Na+]. The van der Waals surface area contributed by atoms with Gasteiger partial charge in [0.1, 0.15) is 0 Å². The summed E-state index contributed by atoms with van der Waals surface area (Å²) in [6, 6.07) is 0. The summed E-state index contributed by atoms with van der Waals surface area (Å²) in [5.74, 6) is 0. The van der Waals surface area contributed by atoms with Gasteiger partial charge < -0.3 is 6.92 Å². The third-order valence-electron chi connectivity index (χ3n) is 1.71. The van der Waals surface area contributed by atoms with Crippen LogP contribution in [0.15, 0.2) is 0 Å². The Morgan fingerprint density at radius 2 is 1.50 bits per heavy atom. The molecule has 0 nitrogen and oxygen atoms in total. The molecule has 44 valence electrons. The van der Waals surface area contributed by atoms with Crippen molar-refractivity contribution in [2.45, 2.75) is 33.6 Å². The molecule has 0 heterocycles. The first-order valence-electron chi connectivity index (χ1n) is 2.97. The Bertz CT molecular complexity index is 42.3. The van der Waals surface area contributed by atoms with Crippen molar-refractivity contribution in [2.75, 3.05) is 0 Å². The van der Waals surface area contributed by atoms with Crippen molar-refractivity contribution in [2.24, 2.45) is 5.41 Å². The molecule has 0 aliphatic carbocycles. The minimum atomic E-state index is 0. The van der Waals surface area contributed by atoms with E-state index in [1.807, 2.05) is 0 Å². The molecule has 0 spiro atoms. The Hall–Kier alpha value is 1.00. The Labute approximate surface area is 75.3 Å². The molecular formula is C7H15Na. The van der Waals surface area contributed by atoms with Crippen LogP contribution >= 0.6 is 0 Å². The summed E-state index contributed by atoms with van der Waals surface area (Å²) in [5.41, 5.74) is 0.333. The van der Waals surface area contributed by atoms with Gasteiger partial charge in [-0.1, -0.05) is 33.6 Å². The number of hydrogen-bond donors (Lipinski definition) is 0. The van der Waals surface area contributed by atoms with Crippen molar-refractivity contribution in [3.8, 4) is 0 Å². The molecule has 0 fully saturated rings. The van der Waals surface area contributed by atoms with Gasteiger partial charge >= 0.3 is 29.6 Å². The fourth-order valence-corrected chi connectivity index (χ4v) is 0.250. The third kappa shape index (κ3) is 5.14. The summed E-state index contributed by atoms with van der Waals surface area (Å²) in [6.07, 6.45) is 2.37. The fraction of sp³-hybridized carbons (Fsp3) is 0.857. The molecule has 0 aliphatic heterocycles. The molecule has 0 aromatic heterocycles. The summed E-state index contributed by atoms with van der Waals surface area (Å²) in [5, 5.41) is 0. The molecule has 0 atom stereocenters. The second kappa shape index (κ2) is 4.84. The summed E-state index contributed by atoms with van der Waals surface area (Å²) in [4.78, 5) is 0. The third-order valence-corrected chi connectivity index (χ3v) is 1.71. The van der Waals surface area contributed by atoms with E-state index in [-0.39, 0.29) is 29.6 Å². The molecular weight excluding hydrogens is 107 g/mol. The Morgan fingerprint density at radius 1 is 1.25 bits per heavy atom. The van der Waals surface area contributed by atoms with E-state index in [0.717, 1.165) is 0 Å². The van der Waals surface area contributed by atoms with Crippen LogP contribution in [0.25, 0.3) is 0 Å². The van der Waals surface area contributed by atoms with Gasteiger partial charge in [-0.25, -0.2) is 0 Å². The zero-order chi connectivity index (χ0) is 5.91. The van der Waals surface area contributed by atoms with Gasteiger partial charge in [-0.2, -0.15) is 5.41 Å². The minimum Gasteiger partial charge on any atom is -0.337 e. The average molecular weight is 122 g/mol. The normalized spacial score (nSPS) is 10.5. The van der Waals surface area contributed by atoms with E-state index in [0.29, 0.717) is 5.41 Å². The van der Waals surface area contributed by atoms with Crippen LogP contribution in [0.4, 0.5) is 0 Å². The fourth-order valence-electron chi connectivity index (χ4n) is 0.250. The average Bonchev–Trinajstić information content (AvgIpc) is 1.68. The van der Waals surface area contributed by atoms with Gasteiger partial charge in [-0.05, 0) is 0 Å². The number of rotatable bonds is 2. The van der Waals surface area contributed by atoms with Gasteiger partial charge in [0.25, 0.3) is 0 Å². The maximum atomic E-state index is 4.01. The Balaban J connectivity index is 0. The molecule has 0 aromatic rings. The summed E-state index contributed by atoms with van der Waals surface area (Å²) in [7, 11) is 0. The largest absolute Gasteiger partial charge is 1.00 e. The van der Waals surface area contributed by atoms with Gasteiger partial charge in [0.2, 0.25) is 0 Å². The predicted octanol–water partition coefficient (Wildman–Crippen LogP) is -0.349. The van der Waals surface area contributed by atoms with Crippen molar-refractivity contribution >= 4 is 0 Å². The van der Waals surface area contributed by atoms with Crippen molar-refractivity contribution < 1.29 is 29.6 Å². The molecule has 0 aromatic carbocycles. The van der Waals surface area contributed by atoms with Gasteiger partial charge in [-0.3, -0.25) is 0 Å². The van der Waals surface area contributed by atoms with Gasteiger partial charge in [0, 0.05) is 0 Å². The minimum absolute atomic E-state index is 0. The molecule has 0 bridgehead atoms. The first kappa shape index (κ1) is 11.8. The van der Waals surface area contributed by atoms with E-state index >= 15 is 0 Å². The Morgan fingerprint density at radius 3 is 1.50 bits per heavy atom. The molecule has 1 heteroatoms. The van der Waals surface area contributed by atoms with E-state index in [2.05, 4.69) is 27.7 Å². The van der Waals surface area contributed by atoms with Gasteiger partial charge in [0.05, 0.1) is 0 Å². The van der Waals surface area contributed by atoms with Crippen LogP contribution in [0.2, 0.25) is 0 Å². The van der Waals surface area contributed by atoms with Gasteiger partial charge in [0.15, 0.2) is 0 Å². The van der Waals surface area contributed by atoms with Crippen molar-refractivity contribution in [1.82, 2.24) is 0 Å². The zero-order valence-electron chi connectivity index (χ0n) is 6.62. The molecule has 0 radical (unpaired) electrons. The second-order valence-electron chi connectivity index (χ2n) is 2.52. The van der Waals surface area contributed by atoms with E-state index in [9.17, 15) is 0 Å². The number of hydrogen-bond acceptors (Lipinski definition) is 0. The summed E-state index contributed by atoms with van der Waals surface area (Å²) in [6.45, 7) is 10.5. The molecule has 0 rings (SSSR count). The standard InChI is InChI=1S/C7H15.Na/c1-5-7(3,4)6-2;/h3,5-6H2,1-2,4H3;/q-1;+1. The molecule has 0 unspecified atom stereocenters. The van der Waals surface area contributed by atoms with E-state index in [1.54, 1.807) is 0 Å². The molecule has 0 amide bonds. The molecule has 0 saturated heterocycles. The van der Waals surface area contributed by atoms with Gasteiger partial charge in [-0.15, -0.1) is 0 Å². The van der Waals surface area contributed by atoms with Crippen molar-refractivity contribution in [3.63, 3.8) is 0 Å². The van der Waals surface area contributed by atoms with Crippen molar-refractivity contribution in [3.05, 3.63) is 6.92 Å². The monoisotopic (exact) mass is 122 g/mol. The van der Waals surface area contributed by atoms with E-state index < -0.39 is 0 Å². The predicted molar refractivity (Wildman–Crippen MR) is 34.0 cm³/mol. The maximum Gasteiger partial charge on any atom is 1.00 e. The molecule has 0 N–H and O–H groups in total. The quantitative estimate of drug-likeness (QED) is 0.347. The smallest absolute Gasteiger partial charge is 0.337 e. The van der Waals surface area contributed by atoms with Crippen LogP contribution < -0.4 is 29.6 Å². The maximum absolute atomic E-state index is 4.01. The van der Waals surface area contributed by atoms with E-state index in [1.165, 1.54) is 12.8 Å². The first-order valence-corrected chi connectivity index (χ1v) is 2.97. The van der Waals surface area contributed by atoms with Crippen LogP contribution in [-0.2, 0) is 0 Å². The van der Waals surface area contributed by atoms with Crippen molar-refractivity contribution in [1.29, 1.82) is 0 Å². The summed E-state index contributed by atoms with van der Waals surface area (Å²) < 4.78 is 0. The Kier molecular flexibility index (Phi) is 7.11. The van der Waals surface area contributed by atoms with Crippen LogP contribution in [0.3, 0.4) is 0 Å². The van der Waals surface area contributed by atoms with Crippen LogP contribution in [0, 0.1) is 12.3 Å². The van der Waals surface area contributed by atoms with Crippen LogP contribution in [0.1, 0.15) is 33.6 Å². The van der Waals surface area contributed by atoms with Crippen LogP contribution in [0.5, 0.6) is 0 Å². The molecule has 0 aliphatic rings. The topological polar surface area (TPSA) is 0 Å². The molecule has 8 heavy (non-hydrogen) atoms. The molecule has 0 saturated carbocycles. The summed E-state index contributed by atoms with van der Waals surface area (Å²) >= 11 is 0. The van der Waals surface area contributed by atoms with E-state index in [4.69, 9.17) is 0 Å².